The summed E-state index contributed by atoms with van der Waals surface area (Å²) in [4.78, 5) is 20.7. The highest BCUT2D eigenvalue weighted by Crippen LogP contribution is 2.10. The molecule has 0 amide bonds. The molecule has 0 aromatic carbocycles. The van der Waals surface area contributed by atoms with Crippen LogP contribution in [0.4, 0.5) is 5.82 Å². The largest absolute Gasteiger partial charge is 0.369 e. The lowest BCUT2D eigenvalue weighted by Crippen LogP contribution is -2.27. The van der Waals surface area contributed by atoms with Gasteiger partial charge in [0.05, 0.1) is 24.6 Å². The molecule has 1 aliphatic rings. The quantitative estimate of drug-likeness (QED) is 0.885. The van der Waals surface area contributed by atoms with Crippen LogP contribution >= 0.6 is 0 Å². The number of aryl methyl sites for hydroxylation is 1. The number of anilines is 1. The zero-order valence-corrected chi connectivity index (χ0v) is 11.5. The molecule has 3 heterocycles. The zero-order chi connectivity index (χ0) is 13.9. The van der Waals surface area contributed by atoms with Gasteiger partial charge in [0.25, 0.3) is 0 Å². The summed E-state index contributed by atoms with van der Waals surface area (Å²) in [5.74, 6) is 1.63. The van der Waals surface area contributed by atoms with Crippen molar-refractivity contribution in [2.75, 3.05) is 11.9 Å². The molecule has 0 saturated carbocycles. The van der Waals surface area contributed by atoms with Crippen molar-refractivity contribution in [2.45, 2.75) is 39.3 Å². The van der Waals surface area contributed by atoms with E-state index in [4.69, 9.17) is 0 Å². The van der Waals surface area contributed by atoms with Gasteiger partial charge in [-0.05, 0) is 19.8 Å². The van der Waals surface area contributed by atoms with Crippen molar-refractivity contribution < 1.29 is 0 Å². The zero-order valence-electron chi connectivity index (χ0n) is 11.5. The molecule has 2 aromatic rings. The fourth-order valence-corrected chi connectivity index (χ4v) is 2.41. The number of hydrogen-bond acceptors (Lipinski definition) is 5. The van der Waals surface area contributed by atoms with E-state index in [1.807, 2.05) is 6.92 Å². The fourth-order valence-electron chi connectivity index (χ4n) is 2.41. The predicted molar refractivity (Wildman–Crippen MR) is 74.7 cm³/mol. The molecule has 7 nitrogen and oxygen atoms in total. The maximum Gasteiger partial charge on any atom is 0.346 e. The van der Waals surface area contributed by atoms with E-state index in [2.05, 4.69) is 20.4 Å². The van der Waals surface area contributed by atoms with Gasteiger partial charge in [-0.1, -0.05) is 0 Å². The average molecular weight is 274 g/mol. The number of hydrogen-bond donors (Lipinski definition) is 1. The molecule has 1 N–H and O–H groups in total. The maximum atomic E-state index is 12.2. The topological polar surface area (TPSA) is 77.6 Å². The molecule has 0 fully saturated rings. The lowest BCUT2D eigenvalue weighted by molar-refractivity contribution is 0.511. The molecular formula is C13H18N6O. The van der Waals surface area contributed by atoms with Crippen molar-refractivity contribution in [3.63, 3.8) is 0 Å². The Hall–Kier alpha value is -2.18. The first-order chi connectivity index (χ1) is 9.78. The maximum absolute atomic E-state index is 12.2. The van der Waals surface area contributed by atoms with Crippen molar-refractivity contribution in [3.05, 3.63) is 34.4 Å². The molecule has 0 spiro atoms. The summed E-state index contributed by atoms with van der Waals surface area (Å²) in [7, 11) is 0. The molecular weight excluding hydrogens is 256 g/mol. The highest BCUT2D eigenvalue weighted by atomic mass is 16.2. The van der Waals surface area contributed by atoms with Crippen LogP contribution < -0.4 is 11.0 Å². The smallest absolute Gasteiger partial charge is 0.346 e. The number of nitrogens with zero attached hydrogens (tertiary/aromatic N) is 5. The van der Waals surface area contributed by atoms with E-state index in [-0.39, 0.29) is 5.69 Å². The number of aromatic nitrogens is 5. The lowest BCUT2D eigenvalue weighted by Gasteiger charge is -2.09. The molecule has 20 heavy (non-hydrogen) atoms. The van der Waals surface area contributed by atoms with E-state index < -0.39 is 0 Å². The van der Waals surface area contributed by atoms with E-state index >= 15 is 0 Å². The van der Waals surface area contributed by atoms with Gasteiger partial charge in [-0.25, -0.2) is 14.5 Å². The predicted octanol–water partition coefficient (Wildman–Crippen LogP) is 0.651. The first-order valence-corrected chi connectivity index (χ1v) is 6.99. The molecule has 106 valence electrons. The molecule has 7 heteroatoms. The van der Waals surface area contributed by atoms with Crippen molar-refractivity contribution in [2.24, 2.45) is 0 Å². The van der Waals surface area contributed by atoms with Crippen LogP contribution in [0.1, 0.15) is 31.3 Å². The summed E-state index contributed by atoms with van der Waals surface area (Å²) in [6, 6.07) is 0. The molecule has 0 bridgehead atoms. The van der Waals surface area contributed by atoms with Crippen LogP contribution in [0, 0.1) is 0 Å². The molecule has 0 atom stereocenters. The van der Waals surface area contributed by atoms with Gasteiger partial charge in [0.1, 0.15) is 11.6 Å². The SMILES string of the molecule is CCNc1cnc(Cn2nc3n(c2=O)CCCC3)cn1. The third kappa shape index (κ3) is 2.43. The monoisotopic (exact) mass is 274 g/mol. The highest BCUT2D eigenvalue weighted by molar-refractivity contribution is 5.30. The van der Waals surface area contributed by atoms with Crippen molar-refractivity contribution in [1.29, 1.82) is 0 Å². The van der Waals surface area contributed by atoms with Gasteiger partial charge < -0.3 is 5.32 Å². The molecule has 0 aliphatic carbocycles. The Morgan fingerprint density at radius 2 is 2.20 bits per heavy atom. The molecule has 0 unspecified atom stereocenters. The molecule has 0 saturated heterocycles. The van der Waals surface area contributed by atoms with E-state index in [1.54, 1.807) is 17.0 Å². The third-order valence-corrected chi connectivity index (χ3v) is 3.41. The first-order valence-electron chi connectivity index (χ1n) is 6.99. The number of rotatable bonds is 4. The van der Waals surface area contributed by atoms with Crippen molar-refractivity contribution in [1.82, 2.24) is 24.3 Å². The summed E-state index contributed by atoms with van der Waals surface area (Å²) >= 11 is 0. The van der Waals surface area contributed by atoms with Crippen molar-refractivity contribution >= 4 is 5.82 Å². The van der Waals surface area contributed by atoms with Crippen LogP contribution in [-0.2, 0) is 19.5 Å². The molecule has 0 radical (unpaired) electrons. The van der Waals surface area contributed by atoms with Crippen LogP contribution in [0.3, 0.4) is 0 Å². The number of fused-ring (bicyclic) bond motifs is 1. The standard InChI is InChI=1S/C13H18N6O/c1-2-14-11-8-15-10(7-16-11)9-19-13(20)18-6-4-3-5-12(18)17-19/h7-8H,2-6,9H2,1H3,(H,14,16). The summed E-state index contributed by atoms with van der Waals surface area (Å²) in [6.45, 7) is 3.96. The summed E-state index contributed by atoms with van der Waals surface area (Å²) in [5.41, 5.74) is 0.696. The van der Waals surface area contributed by atoms with Gasteiger partial charge in [0, 0.05) is 19.5 Å². The Labute approximate surface area is 116 Å². The highest BCUT2D eigenvalue weighted by Gasteiger charge is 2.16. The Morgan fingerprint density at radius 3 is 2.90 bits per heavy atom. The normalized spacial score (nSPS) is 14.1. The van der Waals surface area contributed by atoms with Gasteiger partial charge in [0.2, 0.25) is 0 Å². The Morgan fingerprint density at radius 1 is 1.30 bits per heavy atom. The van der Waals surface area contributed by atoms with Gasteiger partial charge in [-0.15, -0.1) is 0 Å². The summed E-state index contributed by atoms with van der Waals surface area (Å²) in [6.07, 6.45) is 6.40. The minimum Gasteiger partial charge on any atom is -0.369 e. The van der Waals surface area contributed by atoms with Crippen LogP contribution in [0.2, 0.25) is 0 Å². The second-order valence-corrected chi connectivity index (χ2v) is 4.89. The van der Waals surface area contributed by atoms with E-state index in [1.165, 1.54) is 4.68 Å². The summed E-state index contributed by atoms with van der Waals surface area (Å²) in [5, 5.41) is 7.48. The van der Waals surface area contributed by atoms with Crippen LogP contribution in [-0.4, -0.2) is 30.9 Å². The average Bonchev–Trinajstić information content (AvgIpc) is 2.79. The second kappa shape index (κ2) is 5.44. The van der Waals surface area contributed by atoms with E-state index in [0.29, 0.717) is 6.54 Å². The Balaban J connectivity index is 1.80. The molecule has 3 rings (SSSR count). The van der Waals surface area contributed by atoms with Gasteiger partial charge in [-0.2, -0.15) is 5.10 Å². The first kappa shape index (κ1) is 12.8. The van der Waals surface area contributed by atoms with E-state index in [0.717, 1.165) is 49.7 Å². The minimum atomic E-state index is -0.0442. The minimum absolute atomic E-state index is 0.0442. The lowest BCUT2D eigenvalue weighted by atomic mass is 10.2. The Kier molecular flexibility index (Phi) is 3.49. The van der Waals surface area contributed by atoms with Crippen LogP contribution in [0.5, 0.6) is 0 Å². The van der Waals surface area contributed by atoms with Gasteiger partial charge >= 0.3 is 5.69 Å². The van der Waals surface area contributed by atoms with Crippen molar-refractivity contribution in [3.8, 4) is 0 Å². The fraction of sp³-hybridized carbons (Fsp3) is 0.538. The number of nitrogens with one attached hydrogen (secondary N) is 1. The third-order valence-electron chi connectivity index (χ3n) is 3.41. The summed E-state index contributed by atoms with van der Waals surface area (Å²) < 4.78 is 3.25. The molecule has 2 aromatic heterocycles. The Bertz CT molecular complexity index is 642. The van der Waals surface area contributed by atoms with Crippen LogP contribution in [0.15, 0.2) is 17.2 Å². The van der Waals surface area contributed by atoms with Crippen LogP contribution in [0.25, 0.3) is 0 Å². The van der Waals surface area contributed by atoms with E-state index in [9.17, 15) is 4.79 Å². The van der Waals surface area contributed by atoms with Gasteiger partial charge in [-0.3, -0.25) is 9.55 Å². The second-order valence-electron chi connectivity index (χ2n) is 4.89. The molecule has 1 aliphatic heterocycles. The van der Waals surface area contributed by atoms with Gasteiger partial charge in [0.15, 0.2) is 0 Å².